The highest BCUT2D eigenvalue weighted by molar-refractivity contribution is 9.10. The summed E-state index contributed by atoms with van der Waals surface area (Å²) in [5.41, 5.74) is 12.8. The minimum absolute atomic E-state index is 0.0139. The smallest absolute Gasteiger partial charge is 0.240 e. The van der Waals surface area contributed by atoms with Crippen molar-refractivity contribution in [3.05, 3.63) is 34.3 Å². The van der Waals surface area contributed by atoms with Crippen molar-refractivity contribution >= 4 is 21.8 Å². The van der Waals surface area contributed by atoms with E-state index in [1.165, 1.54) is 0 Å². The summed E-state index contributed by atoms with van der Waals surface area (Å²) in [4.78, 5) is 14.5. The second kappa shape index (κ2) is 6.07. The summed E-state index contributed by atoms with van der Waals surface area (Å²) in [7, 11) is 0. The molecule has 4 N–H and O–H groups in total. The van der Waals surface area contributed by atoms with E-state index in [0.29, 0.717) is 0 Å². The van der Waals surface area contributed by atoms with Crippen molar-refractivity contribution in [1.29, 1.82) is 0 Å². The summed E-state index contributed by atoms with van der Waals surface area (Å²) in [6.45, 7) is 5.68. The summed E-state index contributed by atoms with van der Waals surface area (Å²) in [5.74, 6) is -0.0269. The van der Waals surface area contributed by atoms with Gasteiger partial charge in [0.25, 0.3) is 0 Å². The Morgan fingerprint density at radius 2 is 2.10 bits per heavy atom. The molecule has 4 nitrogen and oxygen atoms in total. The Hall–Kier alpha value is -0.910. The van der Waals surface area contributed by atoms with Gasteiger partial charge in [0.2, 0.25) is 5.91 Å². The SMILES string of the molecule is C[C@@H](N)C(=O)N1[C@H](c2cccc(Br)c2)CC[C@@H]1C(C)(C)N. The molecule has 3 atom stereocenters. The van der Waals surface area contributed by atoms with Crippen LogP contribution in [-0.4, -0.2) is 28.4 Å². The highest BCUT2D eigenvalue weighted by Crippen LogP contribution is 2.40. The molecule has 0 aliphatic carbocycles. The summed E-state index contributed by atoms with van der Waals surface area (Å²) in [5, 5.41) is 0. The fourth-order valence-corrected chi connectivity index (χ4v) is 3.54. The fraction of sp³-hybridized carbons (Fsp3) is 0.562. The molecule has 21 heavy (non-hydrogen) atoms. The highest BCUT2D eigenvalue weighted by Gasteiger charge is 2.44. The molecule has 1 aromatic carbocycles. The van der Waals surface area contributed by atoms with Crippen molar-refractivity contribution in [2.24, 2.45) is 11.5 Å². The lowest BCUT2D eigenvalue weighted by Crippen LogP contribution is -2.56. The third kappa shape index (κ3) is 3.47. The van der Waals surface area contributed by atoms with Gasteiger partial charge in [-0.2, -0.15) is 0 Å². The van der Waals surface area contributed by atoms with Crippen molar-refractivity contribution in [1.82, 2.24) is 4.90 Å². The number of halogens is 1. The third-order valence-electron chi connectivity index (χ3n) is 4.12. The summed E-state index contributed by atoms with van der Waals surface area (Å²) in [6.07, 6.45) is 1.82. The van der Waals surface area contributed by atoms with Gasteiger partial charge in [-0.25, -0.2) is 0 Å². The van der Waals surface area contributed by atoms with Crippen LogP contribution >= 0.6 is 15.9 Å². The number of likely N-dealkylation sites (tertiary alicyclic amines) is 1. The minimum Gasteiger partial charge on any atom is -0.330 e. The lowest BCUT2D eigenvalue weighted by atomic mass is 9.93. The van der Waals surface area contributed by atoms with Crippen LogP contribution in [0.5, 0.6) is 0 Å². The number of hydrogen-bond acceptors (Lipinski definition) is 3. The van der Waals surface area contributed by atoms with E-state index in [9.17, 15) is 4.79 Å². The number of nitrogens with zero attached hydrogens (tertiary/aromatic N) is 1. The minimum atomic E-state index is -0.511. The van der Waals surface area contributed by atoms with Gasteiger partial charge in [0.05, 0.1) is 12.1 Å². The van der Waals surface area contributed by atoms with E-state index in [1.807, 2.05) is 30.9 Å². The van der Waals surface area contributed by atoms with Crippen LogP contribution in [0.15, 0.2) is 28.7 Å². The Kier molecular flexibility index (Phi) is 4.76. The molecule has 1 fully saturated rings. The number of rotatable bonds is 3. The summed E-state index contributed by atoms with van der Waals surface area (Å²) < 4.78 is 1.02. The van der Waals surface area contributed by atoms with E-state index in [1.54, 1.807) is 6.92 Å². The highest BCUT2D eigenvalue weighted by atomic mass is 79.9. The van der Waals surface area contributed by atoms with Crippen LogP contribution in [0.3, 0.4) is 0 Å². The van der Waals surface area contributed by atoms with Crippen molar-refractivity contribution in [2.75, 3.05) is 0 Å². The van der Waals surface area contributed by atoms with Crippen LogP contribution in [0, 0.1) is 0 Å². The molecule has 5 heteroatoms. The topological polar surface area (TPSA) is 72.4 Å². The van der Waals surface area contributed by atoms with Crippen molar-refractivity contribution < 1.29 is 4.79 Å². The normalized spacial score (nSPS) is 24.2. The van der Waals surface area contributed by atoms with E-state index >= 15 is 0 Å². The summed E-state index contributed by atoms with van der Waals surface area (Å²) >= 11 is 3.50. The zero-order chi connectivity index (χ0) is 15.8. The molecule has 0 bridgehead atoms. The van der Waals surface area contributed by atoms with Gasteiger partial charge in [0.1, 0.15) is 0 Å². The molecule has 0 spiro atoms. The Morgan fingerprint density at radius 1 is 1.43 bits per heavy atom. The lowest BCUT2D eigenvalue weighted by Gasteiger charge is -2.38. The Labute approximate surface area is 135 Å². The molecule has 2 rings (SSSR count). The standard InChI is InChI=1S/C16H24BrN3O/c1-10(18)15(21)20-13(7-8-14(20)16(2,3)19)11-5-4-6-12(17)9-11/h4-6,9-10,13-14H,7-8,18-19H2,1-3H3/t10-,13+,14-/m1/s1. The third-order valence-corrected chi connectivity index (χ3v) is 4.61. The molecule has 0 saturated carbocycles. The molecule has 0 radical (unpaired) electrons. The van der Waals surface area contributed by atoms with Gasteiger partial charge in [-0.1, -0.05) is 28.1 Å². The maximum Gasteiger partial charge on any atom is 0.240 e. The van der Waals surface area contributed by atoms with Gasteiger partial charge in [0.15, 0.2) is 0 Å². The first-order chi connectivity index (χ1) is 9.71. The van der Waals surface area contributed by atoms with E-state index in [0.717, 1.165) is 22.9 Å². The zero-order valence-electron chi connectivity index (χ0n) is 12.8. The fourth-order valence-electron chi connectivity index (χ4n) is 3.13. The first-order valence-corrected chi connectivity index (χ1v) is 8.13. The molecule has 1 aliphatic rings. The van der Waals surface area contributed by atoms with Crippen LogP contribution in [0.25, 0.3) is 0 Å². The number of amides is 1. The average Bonchev–Trinajstić information content (AvgIpc) is 2.82. The average molecular weight is 354 g/mol. The molecule has 1 aromatic rings. The Bertz CT molecular complexity index is 524. The van der Waals surface area contributed by atoms with Gasteiger partial charge >= 0.3 is 0 Å². The second-order valence-electron chi connectivity index (χ2n) is 6.52. The molecule has 1 aliphatic heterocycles. The zero-order valence-corrected chi connectivity index (χ0v) is 14.4. The lowest BCUT2D eigenvalue weighted by molar-refractivity contribution is -0.136. The van der Waals surface area contributed by atoms with Gasteiger partial charge in [-0.05, 0) is 51.3 Å². The van der Waals surface area contributed by atoms with Crippen LogP contribution in [0.2, 0.25) is 0 Å². The largest absolute Gasteiger partial charge is 0.330 e. The first kappa shape index (κ1) is 16.5. The molecule has 0 aromatic heterocycles. The molecule has 1 amide bonds. The molecular weight excluding hydrogens is 330 g/mol. The number of nitrogens with two attached hydrogens (primary N) is 2. The van der Waals surface area contributed by atoms with Crippen LogP contribution < -0.4 is 11.5 Å². The number of carbonyl (C=O) groups excluding carboxylic acids is 1. The quantitative estimate of drug-likeness (QED) is 0.876. The first-order valence-electron chi connectivity index (χ1n) is 7.34. The molecule has 1 heterocycles. The van der Waals surface area contributed by atoms with Gasteiger partial charge < -0.3 is 16.4 Å². The number of carbonyl (C=O) groups is 1. The molecule has 116 valence electrons. The Morgan fingerprint density at radius 3 is 2.62 bits per heavy atom. The van der Waals surface area contributed by atoms with Crippen molar-refractivity contribution in [3.63, 3.8) is 0 Å². The monoisotopic (exact) mass is 353 g/mol. The van der Waals surface area contributed by atoms with Gasteiger partial charge in [-0.15, -0.1) is 0 Å². The predicted octanol–water partition coefficient (Wildman–Crippen LogP) is 2.57. The van der Waals surface area contributed by atoms with Crippen LogP contribution in [-0.2, 0) is 4.79 Å². The maximum atomic E-state index is 12.6. The van der Waals surface area contributed by atoms with E-state index in [2.05, 4.69) is 28.1 Å². The molecule has 0 unspecified atom stereocenters. The molecule has 1 saturated heterocycles. The Balaban J connectivity index is 2.39. The van der Waals surface area contributed by atoms with Crippen molar-refractivity contribution in [2.45, 2.75) is 57.3 Å². The van der Waals surface area contributed by atoms with Crippen molar-refractivity contribution in [3.8, 4) is 0 Å². The van der Waals surface area contributed by atoms with Gasteiger partial charge in [0, 0.05) is 16.1 Å². The maximum absolute atomic E-state index is 12.6. The predicted molar refractivity (Wildman–Crippen MR) is 88.7 cm³/mol. The van der Waals surface area contributed by atoms with E-state index in [4.69, 9.17) is 11.5 Å². The van der Waals surface area contributed by atoms with E-state index < -0.39 is 11.6 Å². The van der Waals surface area contributed by atoms with Gasteiger partial charge in [-0.3, -0.25) is 4.79 Å². The summed E-state index contributed by atoms with van der Waals surface area (Å²) in [6, 6.07) is 7.66. The van der Waals surface area contributed by atoms with E-state index in [-0.39, 0.29) is 18.0 Å². The molecular formula is C16H24BrN3O. The van der Waals surface area contributed by atoms with Crippen LogP contribution in [0.4, 0.5) is 0 Å². The number of benzene rings is 1. The van der Waals surface area contributed by atoms with Crippen LogP contribution in [0.1, 0.15) is 45.2 Å². The number of hydrogen-bond donors (Lipinski definition) is 2. The second-order valence-corrected chi connectivity index (χ2v) is 7.44.